The molecule has 1 saturated heterocycles. The van der Waals surface area contributed by atoms with Crippen LogP contribution in [0.4, 0.5) is 0 Å². The van der Waals surface area contributed by atoms with E-state index in [1.165, 1.54) is 45.3 Å². The van der Waals surface area contributed by atoms with E-state index in [1.54, 1.807) is 0 Å². The highest BCUT2D eigenvalue weighted by atomic mass is 127. The molecule has 2 N–H and O–H groups in total. The lowest BCUT2D eigenvalue weighted by Gasteiger charge is -2.30. The number of aliphatic imine (C=N–C) groups is 1. The standard InChI is InChI=1S/C21H35N5O.HI/c1-17-7-12-26(13-8-17)11-3-9-24-21(22-2)25-15-19-6-10-23-20(14-19)27-16-18-4-5-18;/h6,10,14,17-18H,3-5,7-9,11-13,15-16H2,1-2H3,(H2,22,24,25);1H. The molecule has 0 bridgehead atoms. The molecule has 0 atom stereocenters. The summed E-state index contributed by atoms with van der Waals surface area (Å²) in [6.45, 7) is 8.48. The number of nitrogens with zero attached hydrogens (tertiary/aromatic N) is 3. The minimum Gasteiger partial charge on any atom is -0.477 e. The fourth-order valence-electron chi connectivity index (χ4n) is 3.33. The summed E-state index contributed by atoms with van der Waals surface area (Å²) in [4.78, 5) is 11.2. The van der Waals surface area contributed by atoms with Crippen LogP contribution in [0.25, 0.3) is 0 Å². The van der Waals surface area contributed by atoms with Crippen LogP contribution in [0.15, 0.2) is 23.3 Å². The van der Waals surface area contributed by atoms with Gasteiger partial charge in [0.2, 0.25) is 5.88 Å². The van der Waals surface area contributed by atoms with Crippen molar-refractivity contribution in [3.05, 3.63) is 23.9 Å². The van der Waals surface area contributed by atoms with Gasteiger partial charge in [-0.25, -0.2) is 4.98 Å². The van der Waals surface area contributed by atoms with Gasteiger partial charge in [0.25, 0.3) is 0 Å². The third kappa shape index (κ3) is 8.51. The Balaban J connectivity index is 0.00000280. The number of guanidine groups is 1. The number of aromatic nitrogens is 1. The van der Waals surface area contributed by atoms with E-state index in [2.05, 4.69) is 32.4 Å². The molecule has 6 nitrogen and oxygen atoms in total. The maximum atomic E-state index is 5.76. The first-order valence-electron chi connectivity index (χ1n) is 10.5. The average molecular weight is 501 g/mol. The number of rotatable bonds is 9. The zero-order valence-electron chi connectivity index (χ0n) is 17.3. The van der Waals surface area contributed by atoms with E-state index < -0.39 is 0 Å². The number of pyridine rings is 1. The Morgan fingerprint density at radius 3 is 2.75 bits per heavy atom. The average Bonchev–Trinajstić information content (AvgIpc) is 3.52. The van der Waals surface area contributed by atoms with Gasteiger partial charge in [-0.3, -0.25) is 4.99 Å². The molecule has 28 heavy (non-hydrogen) atoms. The fraction of sp³-hybridized carbons (Fsp3) is 0.714. The third-order valence-corrected chi connectivity index (χ3v) is 5.47. The van der Waals surface area contributed by atoms with Gasteiger partial charge in [-0.1, -0.05) is 6.92 Å². The number of hydrogen-bond acceptors (Lipinski definition) is 4. The van der Waals surface area contributed by atoms with Gasteiger partial charge in [-0.15, -0.1) is 24.0 Å². The Hall–Kier alpha value is -1.09. The maximum absolute atomic E-state index is 5.76. The van der Waals surface area contributed by atoms with Gasteiger partial charge >= 0.3 is 0 Å². The Bertz CT molecular complexity index is 600. The van der Waals surface area contributed by atoms with Gasteiger partial charge < -0.3 is 20.3 Å². The summed E-state index contributed by atoms with van der Waals surface area (Å²) in [6.07, 6.45) is 8.22. The van der Waals surface area contributed by atoms with Gasteiger partial charge in [-0.05, 0) is 75.2 Å². The van der Waals surface area contributed by atoms with Gasteiger partial charge in [0.15, 0.2) is 5.96 Å². The molecular weight excluding hydrogens is 465 g/mol. The second-order valence-corrected chi connectivity index (χ2v) is 7.99. The quantitative estimate of drug-likeness (QED) is 0.236. The van der Waals surface area contributed by atoms with Crippen molar-refractivity contribution in [3.63, 3.8) is 0 Å². The molecule has 0 radical (unpaired) electrons. The lowest BCUT2D eigenvalue weighted by molar-refractivity contribution is 0.191. The zero-order chi connectivity index (χ0) is 18.9. The van der Waals surface area contributed by atoms with Crippen molar-refractivity contribution >= 4 is 29.9 Å². The zero-order valence-corrected chi connectivity index (χ0v) is 19.7. The summed E-state index contributed by atoms with van der Waals surface area (Å²) in [5.74, 6) is 3.21. The van der Waals surface area contributed by atoms with Crippen LogP contribution in [0.2, 0.25) is 0 Å². The van der Waals surface area contributed by atoms with Crippen LogP contribution in [0.3, 0.4) is 0 Å². The highest BCUT2D eigenvalue weighted by Gasteiger charge is 2.22. The Labute approximate surface area is 186 Å². The molecule has 1 aromatic rings. The molecule has 0 spiro atoms. The number of ether oxygens (including phenoxy) is 1. The van der Waals surface area contributed by atoms with Crippen LogP contribution in [-0.2, 0) is 6.54 Å². The van der Waals surface area contributed by atoms with E-state index in [1.807, 2.05) is 25.4 Å². The molecule has 1 aliphatic carbocycles. The van der Waals surface area contributed by atoms with Crippen LogP contribution in [0, 0.1) is 11.8 Å². The van der Waals surface area contributed by atoms with Crippen molar-refractivity contribution in [1.29, 1.82) is 0 Å². The van der Waals surface area contributed by atoms with Crippen molar-refractivity contribution < 1.29 is 4.74 Å². The molecular formula is C21H36IN5O. The van der Waals surface area contributed by atoms with Crippen LogP contribution in [-0.4, -0.2) is 55.7 Å². The molecule has 3 rings (SSSR count). The lowest BCUT2D eigenvalue weighted by Crippen LogP contribution is -2.39. The number of nitrogens with one attached hydrogen (secondary N) is 2. The molecule has 0 amide bonds. The highest BCUT2D eigenvalue weighted by molar-refractivity contribution is 14.0. The van der Waals surface area contributed by atoms with E-state index in [4.69, 9.17) is 4.74 Å². The van der Waals surface area contributed by atoms with Gasteiger partial charge in [0, 0.05) is 32.4 Å². The molecule has 1 saturated carbocycles. The first-order chi connectivity index (χ1) is 13.2. The third-order valence-electron chi connectivity index (χ3n) is 5.47. The summed E-state index contributed by atoms with van der Waals surface area (Å²) in [5.41, 5.74) is 1.15. The summed E-state index contributed by atoms with van der Waals surface area (Å²) >= 11 is 0. The largest absolute Gasteiger partial charge is 0.477 e. The number of likely N-dealkylation sites (tertiary alicyclic amines) is 1. The fourth-order valence-corrected chi connectivity index (χ4v) is 3.33. The maximum Gasteiger partial charge on any atom is 0.213 e. The lowest BCUT2D eigenvalue weighted by atomic mass is 9.99. The summed E-state index contributed by atoms with van der Waals surface area (Å²) in [6, 6.07) is 4.03. The Kier molecular flexibility index (Phi) is 10.3. The van der Waals surface area contributed by atoms with Gasteiger partial charge in [0.05, 0.1) is 6.61 Å². The van der Waals surface area contributed by atoms with Crippen molar-refractivity contribution in [2.45, 2.75) is 45.6 Å². The van der Waals surface area contributed by atoms with E-state index in [0.717, 1.165) is 48.8 Å². The van der Waals surface area contributed by atoms with E-state index in [0.29, 0.717) is 6.54 Å². The smallest absolute Gasteiger partial charge is 0.213 e. The first kappa shape index (κ1) is 23.2. The predicted octanol–water partition coefficient (Wildman–Crippen LogP) is 3.28. The monoisotopic (exact) mass is 501 g/mol. The van der Waals surface area contributed by atoms with Crippen molar-refractivity contribution in [2.24, 2.45) is 16.8 Å². The second-order valence-electron chi connectivity index (χ2n) is 7.99. The molecule has 1 aromatic heterocycles. The molecule has 0 aromatic carbocycles. The summed E-state index contributed by atoms with van der Waals surface area (Å²) in [5, 5.41) is 6.79. The van der Waals surface area contributed by atoms with Crippen LogP contribution in [0.5, 0.6) is 5.88 Å². The molecule has 158 valence electrons. The normalized spacial score (nSPS) is 18.4. The van der Waals surface area contributed by atoms with E-state index in [9.17, 15) is 0 Å². The summed E-state index contributed by atoms with van der Waals surface area (Å²) in [7, 11) is 1.82. The van der Waals surface area contributed by atoms with E-state index in [-0.39, 0.29) is 24.0 Å². The summed E-state index contributed by atoms with van der Waals surface area (Å²) < 4.78 is 5.76. The van der Waals surface area contributed by atoms with Crippen LogP contribution in [0.1, 0.15) is 44.6 Å². The van der Waals surface area contributed by atoms with Crippen LogP contribution >= 0.6 is 24.0 Å². The first-order valence-corrected chi connectivity index (χ1v) is 10.5. The number of piperidine rings is 1. The van der Waals surface area contributed by atoms with Crippen molar-refractivity contribution in [3.8, 4) is 5.88 Å². The Morgan fingerprint density at radius 1 is 1.25 bits per heavy atom. The Morgan fingerprint density at radius 2 is 2.04 bits per heavy atom. The molecule has 0 unspecified atom stereocenters. The minimum atomic E-state index is 0. The topological polar surface area (TPSA) is 61.8 Å². The number of hydrogen-bond donors (Lipinski definition) is 2. The molecule has 1 aliphatic heterocycles. The predicted molar refractivity (Wildman–Crippen MR) is 126 cm³/mol. The van der Waals surface area contributed by atoms with Gasteiger partial charge in [0.1, 0.15) is 0 Å². The SMILES string of the molecule is CN=C(NCCCN1CCC(C)CC1)NCc1ccnc(OCC2CC2)c1.I. The van der Waals surface area contributed by atoms with Crippen molar-refractivity contribution in [1.82, 2.24) is 20.5 Å². The van der Waals surface area contributed by atoms with Crippen molar-refractivity contribution in [2.75, 3.05) is 39.8 Å². The highest BCUT2D eigenvalue weighted by Crippen LogP contribution is 2.29. The van der Waals surface area contributed by atoms with Crippen LogP contribution < -0.4 is 15.4 Å². The van der Waals surface area contributed by atoms with E-state index >= 15 is 0 Å². The molecule has 2 fully saturated rings. The second kappa shape index (κ2) is 12.5. The molecule has 7 heteroatoms. The number of halogens is 1. The molecule has 2 heterocycles. The minimum absolute atomic E-state index is 0. The van der Waals surface area contributed by atoms with Gasteiger partial charge in [-0.2, -0.15) is 0 Å². The molecule has 2 aliphatic rings.